The highest BCUT2D eigenvalue weighted by Crippen LogP contribution is 2.39. The fourth-order valence-corrected chi connectivity index (χ4v) is 2.53. The van der Waals surface area contributed by atoms with Crippen LogP contribution in [0.5, 0.6) is 17.2 Å². The first kappa shape index (κ1) is 19.3. The Morgan fingerprint density at radius 1 is 0.923 bits per heavy atom. The number of aryl methyl sites for hydroxylation is 1. The Kier molecular flexibility index (Phi) is 6.22. The van der Waals surface area contributed by atoms with Gasteiger partial charge in [0, 0.05) is 5.56 Å². The van der Waals surface area contributed by atoms with Crippen LogP contribution in [0.15, 0.2) is 36.4 Å². The molecule has 0 aliphatic rings. The van der Waals surface area contributed by atoms with Crippen molar-refractivity contribution >= 4 is 11.7 Å². The van der Waals surface area contributed by atoms with Crippen LogP contribution in [0.2, 0.25) is 0 Å². The summed E-state index contributed by atoms with van der Waals surface area (Å²) in [5, 5.41) is 2.71. The van der Waals surface area contributed by atoms with E-state index in [9.17, 15) is 9.59 Å². The fourth-order valence-electron chi connectivity index (χ4n) is 2.53. The number of ether oxygens (including phenoxy) is 3. The van der Waals surface area contributed by atoms with Gasteiger partial charge in [0.05, 0.1) is 27.4 Å². The highest BCUT2D eigenvalue weighted by Gasteiger charge is 2.21. The van der Waals surface area contributed by atoms with Gasteiger partial charge in [0.2, 0.25) is 11.5 Å². The van der Waals surface area contributed by atoms with E-state index < -0.39 is 17.7 Å². The predicted molar refractivity (Wildman–Crippen MR) is 98.2 cm³/mol. The van der Waals surface area contributed by atoms with Crippen molar-refractivity contribution < 1.29 is 23.8 Å². The van der Waals surface area contributed by atoms with Crippen LogP contribution >= 0.6 is 0 Å². The van der Waals surface area contributed by atoms with Gasteiger partial charge in [-0.2, -0.15) is 0 Å². The number of hydrogen-bond acceptors (Lipinski definition) is 5. The second-order valence-corrected chi connectivity index (χ2v) is 5.85. The minimum Gasteiger partial charge on any atom is -0.493 e. The van der Waals surface area contributed by atoms with Gasteiger partial charge < -0.3 is 19.5 Å². The summed E-state index contributed by atoms with van der Waals surface area (Å²) in [6.45, 7) is 3.70. The molecule has 0 spiro atoms. The Bertz CT molecular complexity index is 773. The lowest BCUT2D eigenvalue weighted by molar-refractivity contribution is -0.117. The number of carbonyl (C=O) groups is 2. The molecule has 0 aromatic heterocycles. The van der Waals surface area contributed by atoms with Crippen LogP contribution in [-0.2, 0) is 4.79 Å². The van der Waals surface area contributed by atoms with Crippen LogP contribution < -0.4 is 19.5 Å². The van der Waals surface area contributed by atoms with Crippen LogP contribution in [0.25, 0.3) is 0 Å². The third-order valence-electron chi connectivity index (χ3n) is 4.05. The summed E-state index contributed by atoms with van der Waals surface area (Å²) in [7, 11) is 4.56. The zero-order valence-electron chi connectivity index (χ0n) is 15.6. The van der Waals surface area contributed by atoms with Gasteiger partial charge >= 0.3 is 0 Å². The number of hydrogen-bond donors (Lipinski definition) is 1. The first-order valence-electron chi connectivity index (χ1n) is 8.13. The minimum atomic E-state index is -0.671. The molecular formula is C20H23NO5. The Hall–Kier alpha value is -3.02. The van der Waals surface area contributed by atoms with Crippen molar-refractivity contribution in [1.29, 1.82) is 0 Å². The predicted octanol–water partition coefficient (Wildman–Crippen LogP) is 3.08. The number of Topliss-reactive ketones (excluding diaryl/α,β-unsaturated/α-hetero) is 1. The smallest absolute Gasteiger partial charge is 0.292 e. The molecule has 6 nitrogen and oxygen atoms in total. The van der Waals surface area contributed by atoms with Gasteiger partial charge in [-0.3, -0.25) is 9.59 Å². The Balaban J connectivity index is 2.21. The van der Waals surface area contributed by atoms with Crippen LogP contribution in [0.1, 0.15) is 34.5 Å². The first-order valence-corrected chi connectivity index (χ1v) is 8.13. The number of rotatable bonds is 7. The summed E-state index contributed by atoms with van der Waals surface area (Å²) in [5.41, 5.74) is 2.10. The summed E-state index contributed by atoms with van der Waals surface area (Å²) >= 11 is 0. The zero-order valence-corrected chi connectivity index (χ0v) is 15.6. The number of nitrogens with one attached hydrogen (secondary N) is 1. The summed E-state index contributed by atoms with van der Waals surface area (Å²) < 4.78 is 15.9. The molecule has 2 rings (SSSR count). The standard InChI is InChI=1S/C20H23NO5/c1-12-6-8-14(9-7-12)18(22)20(23)21-13(2)15-10-16(24-3)19(26-5)17(11-15)25-4/h6-11,13H,1-5H3,(H,21,23)/t13-/m1/s1. The quantitative estimate of drug-likeness (QED) is 0.609. The van der Waals surface area contributed by atoms with Gasteiger partial charge in [0.15, 0.2) is 11.5 Å². The second kappa shape index (κ2) is 8.38. The first-order chi connectivity index (χ1) is 12.4. The average molecular weight is 357 g/mol. The third kappa shape index (κ3) is 4.14. The SMILES string of the molecule is COc1cc([C@@H](C)NC(=O)C(=O)c2ccc(C)cc2)cc(OC)c1OC. The second-order valence-electron chi connectivity index (χ2n) is 5.85. The molecule has 0 bridgehead atoms. The highest BCUT2D eigenvalue weighted by molar-refractivity contribution is 6.42. The number of carbonyl (C=O) groups excluding carboxylic acids is 2. The number of amides is 1. The fraction of sp³-hybridized carbons (Fsp3) is 0.300. The highest BCUT2D eigenvalue weighted by atomic mass is 16.5. The maximum absolute atomic E-state index is 12.3. The Labute approximate surface area is 153 Å². The van der Waals surface area contributed by atoms with Gasteiger partial charge in [-0.1, -0.05) is 29.8 Å². The molecule has 1 N–H and O–H groups in total. The molecule has 0 saturated heterocycles. The molecule has 0 aliphatic heterocycles. The summed E-state index contributed by atoms with van der Waals surface area (Å²) in [6.07, 6.45) is 0. The number of ketones is 1. The molecule has 0 fully saturated rings. The van der Waals surface area contributed by atoms with Gasteiger partial charge in [-0.15, -0.1) is 0 Å². The van der Waals surface area contributed by atoms with E-state index in [0.717, 1.165) is 11.1 Å². The van der Waals surface area contributed by atoms with Crippen molar-refractivity contribution in [3.05, 3.63) is 53.1 Å². The third-order valence-corrected chi connectivity index (χ3v) is 4.05. The minimum absolute atomic E-state index is 0.352. The maximum Gasteiger partial charge on any atom is 0.292 e. The Morgan fingerprint density at radius 3 is 1.92 bits per heavy atom. The molecule has 0 aliphatic carbocycles. The van der Waals surface area contributed by atoms with E-state index in [1.165, 1.54) is 21.3 Å². The van der Waals surface area contributed by atoms with Crippen molar-refractivity contribution in [2.24, 2.45) is 0 Å². The largest absolute Gasteiger partial charge is 0.493 e. The van der Waals surface area contributed by atoms with Gasteiger partial charge in [-0.25, -0.2) is 0 Å². The lowest BCUT2D eigenvalue weighted by Gasteiger charge is -2.18. The van der Waals surface area contributed by atoms with Crippen molar-refractivity contribution in [3.8, 4) is 17.2 Å². The summed E-state index contributed by atoms with van der Waals surface area (Å²) in [4.78, 5) is 24.6. The van der Waals surface area contributed by atoms with E-state index in [4.69, 9.17) is 14.2 Å². The van der Waals surface area contributed by atoms with E-state index in [1.807, 2.05) is 6.92 Å². The Morgan fingerprint density at radius 2 is 1.46 bits per heavy atom. The van der Waals surface area contributed by atoms with E-state index in [-0.39, 0.29) is 0 Å². The summed E-state index contributed by atoms with van der Waals surface area (Å²) in [6, 6.07) is 9.92. The van der Waals surface area contributed by atoms with Crippen LogP contribution in [0, 0.1) is 6.92 Å². The van der Waals surface area contributed by atoms with E-state index in [0.29, 0.717) is 22.8 Å². The van der Waals surface area contributed by atoms with E-state index in [2.05, 4.69) is 5.32 Å². The van der Waals surface area contributed by atoms with Crippen LogP contribution in [-0.4, -0.2) is 33.0 Å². The van der Waals surface area contributed by atoms with Gasteiger partial charge in [0.1, 0.15) is 0 Å². The van der Waals surface area contributed by atoms with Crippen molar-refractivity contribution in [3.63, 3.8) is 0 Å². The molecule has 0 unspecified atom stereocenters. The molecule has 2 aromatic carbocycles. The lowest BCUT2D eigenvalue weighted by Crippen LogP contribution is -2.33. The number of methoxy groups -OCH3 is 3. The summed E-state index contributed by atoms with van der Waals surface area (Å²) in [5.74, 6) is 0.174. The van der Waals surface area contributed by atoms with Crippen LogP contribution in [0.4, 0.5) is 0 Å². The normalized spacial score (nSPS) is 11.4. The van der Waals surface area contributed by atoms with Crippen LogP contribution in [0.3, 0.4) is 0 Å². The van der Waals surface area contributed by atoms with E-state index >= 15 is 0 Å². The molecule has 26 heavy (non-hydrogen) atoms. The molecule has 1 atom stereocenters. The topological polar surface area (TPSA) is 73.9 Å². The monoisotopic (exact) mass is 357 g/mol. The van der Waals surface area contributed by atoms with Crippen molar-refractivity contribution in [1.82, 2.24) is 5.32 Å². The molecular weight excluding hydrogens is 334 g/mol. The van der Waals surface area contributed by atoms with E-state index in [1.54, 1.807) is 43.3 Å². The molecule has 6 heteroatoms. The molecule has 0 radical (unpaired) electrons. The van der Waals surface area contributed by atoms with Gasteiger partial charge in [0.25, 0.3) is 5.91 Å². The molecule has 1 amide bonds. The maximum atomic E-state index is 12.3. The molecule has 0 heterocycles. The van der Waals surface area contributed by atoms with Gasteiger partial charge in [-0.05, 0) is 31.5 Å². The molecule has 2 aromatic rings. The average Bonchev–Trinajstić information content (AvgIpc) is 2.66. The number of benzene rings is 2. The zero-order chi connectivity index (χ0) is 19.3. The van der Waals surface area contributed by atoms with Crippen molar-refractivity contribution in [2.75, 3.05) is 21.3 Å². The van der Waals surface area contributed by atoms with Crippen molar-refractivity contribution in [2.45, 2.75) is 19.9 Å². The molecule has 0 saturated carbocycles. The molecule has 138 valence electrons. The lowest BCUT2D eigenvalue weighted by atomic mass is 10.0.